The van der Waals surface area contributed by atoms with E-state index in [9.17, 15) is 5.11 Å². The molecule has 1 aromatic carbocycles. The van der Waals surface area contributed by atoms with E-state index in [1.807, 2.05) is 30.3 Å². The van der Waals surface area contributed by atoms with Crippen LogP contribution < -0.4 is 4.74 Å². The molecule has 3 rings (SSSR count). The van der Waals surface area contributed by atoms with Crippen molar-refractivity contribution in [1.29, 1.82) is 0 Å². The number of hydrogen-bond donors (Lipinski definition) is 1. The highest BCUT2D eigenvalue weighted by Crippen LogP contribution is 2.30. The summed E-state index contributed by atoms with van der Waals surface area (Å²) in [5.74, 6) is 1.00. The molecule has 20 heavy (non-hydrogen) atoms. The molecule has 2 aromatic heterocycles. The molecule has 0 atom stereocenters. The summed E-state index contributed by atoms with van der Waals surface area (Å²) in [5, 5.41) is 10.4. The van der Waals surface area contributed by atoms with Crippen molar-refractivity contribution in [2.24, 2.45) is 0 Å². The van der Waals surface area contributed by atoms with E-state index in [1.54, 1.807) is 18.5 Å². The fraction of sp³-hybridized carbons (Fsp3) is 0.0667. The zero-order valence-corrected chi connectivity index (χ0v) is 12.0. The molecule has 1 N–H and O–H groups in total. The number of pyridine rings is 2. The third-order valence-corrected chi connectivity index (χ3v) is 3.30. The van der Waals surface area contributed by atoms with Gasteiger partial charge in [0.15, 0.2) is 5.75 Å². The maximum atomic E-state index is 9.38. The first-order valence-electron chi connectivity index (χ1n) is 6.05. The van der Waals surface area contributed by atoms with Gasteiger partial charge in [0.1, 0.15) is 5.52 Å². The molecule has 5 heteroatoms. The summed E-state index contributed by atoms with van der Waals surface area (Å²) in [4.78, 5) is 8.52. The average Bonchev–Trinajstić information content (AvgIpc) is 2.49. The fourth-order valence-electron chi connectivity index (χ4n) is 1.94. The Kier molecular flexibility index (Phi) is 3.62. The van der Waals surface area contributed by atoms with Crippen LogP contribution in [0.5, 0.6) is 11.6 Å². The number of benzene rings is 1. The first-order chi connectivity index (χ1) is 9.78. The summed E-state index contributed by atoms with van der Waals surface area (Å²) in [6.07, 6.45) is 3.35. The zero-order valence-electron chi connectivity index (χ0n) is 10.5. The van der Waals surface area contributed by atoms with E-state index in [1.165, 1.54) is 0 Å². The van der Waals surface area contributed by atoms with Crippen LogP contribution in [0, 0.1) is 0 Å². The Bertz CT molecular complexity index is 756. The van der Waals surface area contributed by atoms with Gasteiger partial charge in [0.05, 0.1) is 6.61 Å². The van der Waals surface area contributed by atoms with Gasteiger partial charge in [-0.05, 0) is 34.1 Å². The number of para-hydroxylation sites is 1. The van der Waals surface area contributed by atoms with Crippen LogP contribution in [-0.2, 0) is 6.61 Å². The number of ether oxygens (including phenoxy) is 1. The molecule has 0 unspecified atom stereocenters. The number of hydrogen-bond acceptors (Lipinski definition) is 4. The minimum absolute atomic E-state index is 0.139. The normalized spacial score (nSPS) is 10.7. The maximum absolute atomic E-state index is 9.38. The quantitative estimate of drug-likeness (QED) is 0.795. The van der Waals surface area contributed by atoms with E-state index in [0.717, 1.165) is 15.4 Å². The lowest BCUT2D eigenvalue weighted by Crippen LogP contribution is -1.96. The molecule has 0 spiro atoms. The summed E-state index contributed by atoms with van der Waals surface area (Å²) in [7, 11) is 0. The number of rotatable bonds is 3. The second-order valence-corrected chi connectivity index (χ2v) is 5.12. The van der Waals surface area contributed by atoms with Crippen molar-refractivity contribution in [3.8, 4) is 11.6 Å². The summed E-state index contributed by atoms with van der Waals surface area (Å²) in [5.41, 5.74) is 1.39. The number of nitrogens with zero attached hydrogens (tertiary/aromatic N) is 2. The molecule has 0 radical (unpaired) electrons. The molecule has 0 amide bonds. The minimum atomic E-state index is -0.139. The summed E-state index contributed by atoms with van der Waals surface area (Å²) in [6, 6.07) is 11.3. The van der Waals surface area contributed by atoms with Gasteiger partial charge in [-0.25, -0.2) is 4.98 Å². The highest BCUT2D eigenvalue weighted by molar-refractivity contribution is 9.10. The summed E-state index contributed by atoms with van der Waals surface area (Å²) >= 11 is 3.32. The van der Waals surface area contributed by atoms with Crippen molar-refractivity contribution in [3.63, 3.8) is 0 Å². The molecule has 0 aliphatic rings. The smallest absolute Gasteiger partial charge is 0.224 e. The first kappa shape index (κ1) is 13.0. The van der Waals surface area contributed by atoms with Crippen LogP contribution >= 0.6 is 15.9 Å². The Balaban J connectivity index is 2.05. The Morgan fingerprint density at radius 3 is 2.85 bits per heavy atom. The van der Waals surface area contributed by atoms with E-state index in [2.05, 4.69) is 25.9 Å². The number of fused-ring (bicyclic) bond motifs is 1. The molecule has 0 bridgehead atoms. The third kappa shape index (κ3) is 2.50. The van der Waals surface area contributed by atoms with Crippen LogP contribution in [0.1, 0.15) is 5.56 Å². The van der Waals surface area contributed by atoms with E-state index in [-0.39, 0.29) is 6.61 Å². The molecule has 0 aliphatic heterocycles. The molecular formula is C15H11BrN2O2. The van der Waals surface area contributed by atoms with Crippen LogP contribution in [-0.4, -0.2) is 15.1 Å². The van der Waals surface area contributed by atoms with Gasteiger partial charge in [-0.2, -0.15) is 0 Å². The largest absolute Gasteiger partial charge is 0.436 e. The SMILES string of the molecule is OCc1cc(Br)cnc1Oc1cccc2cccnc12. The molecule has 4 nitrogen and oxygen atoms in total. The van der Waals surface area contributed by atoms with Crippen LogP contribution in [0.25, 0.3) is 10.9 Å². The van der Waals surface area contributed by atoms with E-state index in [0.29, 0.717) is 17.2 Å². The van der Waals surface area contributed by atoms with Gasteiger partial charge in [0.25, 0.3) is 0 Å². The molecule has 0 saturated heterocycles. The summed E-state index contributed by atoms with van der Waals surface area (Å²) in [6.45, 7) is -0.139. The second kappa shape index (κ2) is 5.56. The Labute approximate surface area is 124 Å². The first-order valence-corrected chi connectivity index (χ1v) is 6.84. The minimum Gasteiger partial charge on any atom is -0.436 e. The van der Waals surface area contributed by atoms with Crippen molar-refractivity contribution in [3.05, 3.63) is 58.8 Å². The van der Waals surface area contributed by atoms with Crippen LogP contribution in [0.15, 0.2) is 53.3 Å². The number of halogens is 1. The standard InChI is InChI=1S/C15H11BrN2O2/c16-12-7-11(9-19)15(18-8-12)20-13-5-1-3-10-4-2-6-17-14(10)13/h1-8,19H,9H2. The third-order valence-electron chi connectivity index (χ3n) is 2.86. The van der Waals surface area contributed by atoms with Crippen molar-refractivity contribution in [2.45, 2.75) is 6.61 Å². The van der Waals surface area contributed by atoms with Crippen LogP contribution in [0.4, 0.5) is 0 Å². The van der Waals surface area contributed by atoms with Crippen LogP contribution in [0.2, 0.25) is 0 Å². The monoisotopic (exact) mass is 330 g/mol. The number of aromatic nitrogens is 2. The van der Waals surface area contributed by atoms with Gasteiger partial charge in [-0.1, -0.05) is 18.2 Å². The maximum Gasteiger partial charge on any atom is 0.224 e. The van der Waals surface area contributed by atoms with Gasteiger partial charge in [-0.15, -0.1) is 0 Å². The molecular weight excluding hydrogens is 320 g/mol. The molecule has 100 valence electrons. The Morgan fingerprint density at radius 2 is 2.00 bits per heavy atom. The zero-order chi connectivity index (χ0) is 13.9. The Hall–Kier alpha value is -1.98. The molecule has 0 aliphatic carbocycles. The van der Waals surface area contributed by atoms with Gasteiger partial charge in [0, 0.05) is 27.8 Å². The van der Waals surface area contributed by atoms with Gasteiger partial charge >= 0.3 is 0 Å². The second-order valence-electron chi connectivity index (χ2n) is 4.21. The summed E-state index contributed by atoms with van der Waals surface area (Å²) < 4.78 is 6.61. The fourth-order valence-corrected chi connectivity index (χ4v) is 2.32. The van der Waals surface area contributed by atoms with Crippen molar-refractivity contribution in [2.75, 3.05) is 0 Å². The predicted octanol–water partition coefficient (Wildman–Crippen LogP) is 3.68. The average molecular weight is 331 g/mol. The topological polar surface area (TPSA) is 55.2 Å². The molecule has 3 aromatic rings. The van der Waals surface area contributed by atoms with Crippen LogP contribution in [0.3, 0.4) is 0 Å². The van der Waals surface area contributed by atoms with Gasteiger partial charge in [0.2, 0.25) is 5.88 Å². The molecule has 0 saturated carbocycles. The Morgan fingerprint density at radius 1 is 1.15 bits per heavy atom. The van der Waals surface area contributed by atoms with Crippen molar-refractivity contribution in [1.82, 2.24) is 9.97 Å². The van der Waals surface area contributed by atoms with Crippen molar-refractivity contribution < 1.29 is 9.84 Å². The van der Waals surface area contributed by atoms with Crippen molar-refractivity contribution >= 4 is 26.8 Å². The number of aliphatic hydroxyl groups is 1. The lowest BCUT2D eigenvalue weighted by molar-refractivity contribution is 0.275. The number of aliphatic hydroxyl groups excluding tert-OH is 1. The highest BCUT2D eigenvalue weighted by Gasteiger charge is 2.09. The highest BCUT2D eigenvalue weighted by atomic mass is 79.9. The lowest BCUT2D eigenvalue weighted by Gasteiger charge is -2.10. The van der Waals surface area contributed by atoms with E-state index in [4.69, 9.17) is 4.74 Å². The van der Waals surface area contributed by atoms with Gasteiger partial charge in [-0.3, -0.25) is 4.98 Å². The lowest BCUT2D eigenvalue weighted by atomic mass is 10.2. The van der Waals surface area contributed by atoms with E-state index >= 15 is 0 Å². The van der Waals surface area contributed by atoms with E-state index < -0.39 is 0 Å². The van der Waals surface area contributed by atoms with Gasteiger partial charge < -0.3 is 9.84 Å². The predicted molar refractivity (Wildman–Crippen MR) is 79.7 cm³/mol. The molecule has 2 heterocycles. The molecule has 0 fully saturated rings.